The van der Waals surface area contributed by atoms with Gasteiger partial charge in [0.05, 0.1) is 13.2 Å². The summed E-state index contributed by atoms with van der Waals surface area (Å²) < 4.78 is 11.1. The third-order valence-corrected chi connectivity index (χ3v) is 5.07. The van der Waals surface area contributed by atoms with Crippen LogP contribution in [0.4, 0.5) is 0 Å². The zero-order valence-electron chi connectivity index (χ0n) is 14.2. The monoisotopic (exact) mass is 369 g/mol. The van der Waals surface area contributed by atoms with E-state index in [4.69, 9.17) is 9.26 Å². The van der Waals surface area contributed by atoms with Gasteiger partial charge in [-0.05, 0) is 17.0 Å². The number of hydrogen-bond donors (Lipinski definition) is 0. The minimum absolute atomic E-state index is 0.0671. The molecule has 1 aliphatic rings. The molecule has 134 valence electrons. The molecule has 0 radical (unpaired) electrons. The fourth-order valence-corrected chi connectivity index (χ4v) is 3.62. The summed E-state index contributed by atoms with van der Waals surface area (Å²) >= 11 is 1.58. The van der Waals surface area contributed by atoms with E-state index in [0.717, 1.165) is 11.1 Å². The molecular weight excluding hydrogens is 350 g/mol. The van der Waals surface area contributed by atoms with Crippen LogP contribution in [0.1, 0.15) is 24.0 Å². The molecule has 4 rings (SSSR count). The number of rotatable bonds is 5. The van der Waals surface area contributed by atoms with E-state index in [0.29, 0.717) is 44.3 Å². The van der Waals surface area contributed by atoms with Gasteiger partial charge in [0.1, 0.15) is 6.10 Å². The van der Waals surface area contributed by atoms with E-state index in [9.17, 15) is 4.79 Å². The van der Waals surface area contributed by atoms with Gasteiger partial charge in [-0.15, -0.1) is 0 Å². The molecular formula is C19H19N3O3S. The number of aryl methyl sites for hydroxylation is 1. The quantitative estimate of drug-likeness (QED) is 0.690. The number of hydrogen-bond acceptors (Lipinski definition) is 6. The van der Waals surface area contributed by atoms with E-state index >= 15 is 0 Å². The molecule has 1 unspecified atom stereocenters. The minimum Gasteiger partial charge on any atom is -0.370 e. The largest absolute Gasteiger partial charge is 0.370 e. The first-order chi connectivity index (χ1) is 12.8. The summed E-state index contributed by atoms with van der Waals surface area (Å²) in [6.07, 6.45) is 0.735. The number of carbonyl (C=O) groups is 1. The van der Waals surface area contributed by atoms with E-state index in [1.165, 1.54) is 0 Å². The van der Waals surface area contributed by atoms with Gasteiger partial charge in [-0.1, -0.05) is 35.5 Å². The molecule has 1 amide bonds. The lowest BCUT2D eigenvalue weighted by molar-refractivity contribution is -0.139. The highest BCUT2D eigenvalue weighted by Gasteiger charge is 2.25. The van der Waals surface area contributed by atoms with Crippen LogP contribution in [-0.4, -0.2) is 40.6 Å². The Balaban J connectivity index is 1.33. The average Bonchev–Trinajstić information content (AvgIpc) is 3.38. The second-order valence-electron chi connectivity index (χ2n) is 6.13. The Kier molecular flexibility index (Phi) is 5.08. The third kappa shape index (κ3) is 3.84. The first-order valence-corrected chi connectivity index (χ1v) is 9.53. The molecule has 0 bridgehead atoms. The summed E-state index contributed by atoms with van der Waals surface area (Å²) in [5, 5.41) is 7.91. The van der Waals surface area contributed by atoms with Gasteiger partial charge in [0, 0.05) is 30.3 Å². The van der Waals surface area contributed by atoms with Gasteiger partial charge in [-0.2, -0.15) is 16.3 Å². The van der Waals surface area contributed by atoms with Crippen molar-refractivity contribution in [3.8, 4) is 11.4 Å². The molecule has 7 heteroatoms. The predicted molar refractivity (Wildman–Crippen MR) is 97.6 cm³/mol. The van der Waals surface area contributed by atoms with Crippen molar-refractivity contribution in [1.82, 2.24) is 15.0 Å². The first kappa shape index (κ1) is 16.9. The number of amides is 1. The molecule has 1 fully saturated rings. The van der Waals surface area contributed by atoms with Crippen molar-refractivity contribution in [2.75, 3.05) is 19.7 Å². The molecule has 1 aliphatic heterocycles. The molecule has 0 N–H and O–H groups in total. The molecule has 1 saturated heterocycles. The molecule has 3 aromatic rings. The number of carbonyl (C=O) groups excluding carboxylic acids is 1. The topological polar surface area (TPSA) is 68.5 Å². The minimum atomic E-state index is -0.0671. The van der Waals surface area contributed by atoms with E-state index in [2.05, 4.69) is 10.1 Å². The van der Waals surface area contributed by atoms with Crippen LogP contribution in [0.5, 0.6) is 0 Å². The normalized spacial score (nSPS) is 17.4. The van der Waals surface area contributed by atoms with Crippen molar-refractivity contribution in [2.24, 2.45) is 0 Å². The van der Waals surface area contributed by atoms with Gasteiger partial charge < -0.3 is 14.2 Å². The molecule has 0 saturated carbocycles. The Morgan fingerprint density at radius 1 is 1.27 bits per heavy atom. The fourth-order valence-electron chi connectivity index (χ4n) is 2.98. The number of benzene rings is 1. The van der Waals surface area contributed by atoms with Crippen LogP contribution in [0.3, 0.4) is 0 Å². The summed E-state index contributed by atoms with van der Waals surface area (Å²) in [7, 11) is 0. The Labute approximate surface area is 155 Å². The number of nitrogens with zero attached hydrogens (tertiary/aromatic N) is 3. The number of aromatic nitrogens is 2. The van der Waals surface area contributed by atoms with Crippen LogP contribution < -0.4 is 0 Å². The smallest absolute Gasteiger partial charge is 0.227 e. The average molecular weight is 369 g/mol. The maximum atomic E-state index is 12.6. The second-order valence-corrected chi connectivity index (χ2v) is 6.91. The van der Waals surface area contributed by atoms with Crippen molar-refractivity contribution in [3.63, 3.8) is 0 Å². The molecule has 2 aromatic heterocycles. The zero-order valence-corrected chi connectivity index (χ0v) is 15.0. The van der Waals surface area contributed by atoms with Crippen LogP contribution in [-0.2, 0) is 16.0 Å². The molecule has 3 heterocycles. The molecule has 26 heavy (non-hydrogen) atoms. The maximum Gasteiger partial charge on any atom is 0.227 e. The number of morpholine rings is 1. The molecule has 0 aliphatic carbocycles. The summed E-state index contributed by atoms with van der Waals surface area (Å²) in [6.45, 7) is 1.74. The second kappa shape index (κ2) is 7.80. The summed E-state index contributed by atoms with van der Waals surface area (Å²) in [6, 6.07) is 12.0. The number of ether oxygens (including phenoxy) is 1. The number of thiophene rings is 1. The van der Waals surface area contributed by atoms with Crippen LogP contribution in [0.25, 0.3) is 11.4 Å². The Morgan fingerprint density at radius 3 is 2.96 bits per heavy atom. The molecule has 0 spiro atoms. The Hall–Kier alpha value is -2.51. The third-order valence-electron chi connectivity index (χ3n) is 4.39. The van der Waals surface area contributed by atoms with Crippen LogP contribution in [0.15, 0.2) is 51.7 Å². The van der Waals surface area contributed by atoms with Gasteiger partial charge in [-0.25, -0.2) is 0 Å². The van der Waals surface area contributed by atoms with Crippen LogP contribution >= 0.6 is 11.3 Å². The summed E-state index contributed by atoms with van der Waals surface area (Å²) in [5.41, 5.74) is 2.04. The molecule has 6 nitrogen and oxygen atoms in total. The van der Waals surface area contributed by atoms with E-state index in [1.807, 2.05) is 52.1 Å². The van der Waals surface area contributed by atoms with Gasteiger partial charge in [0.2, 0.25) is 17.6 Å². The van der Waals surface area contributed by atoms with Gasteiger partial charge in [0.25, 0.3) is 0 Å². The Morgan fingerprint density at radius 2 is 2.15 bits per heavy atom. The first-order valence-electron chi connectivity index (χ1n) is 8.59. The van der Waals surface area contributed by atoms with Crippen molar-refractivity contribution in [1.29, 1.82) is 0 Å². The van der Waals surface area contributed by atoms with Gasteiger partial charge >= 0.3 is 0 Å². The predicted octanol–water partition coefficient (Wildman–Crippen LogP) is 3.33. The summed E-state index contributed by atoms with van der Waals surface area (Å²) in [4.78, 5) is 18.8. The SMILES string of the molecule is O=C(CCc1nc(-c2ccsc2)no1)N1CCOC(c2ccccc2)C1. The van der Waals surface area contributed by atoms with Crippen LogP contribution in [0.2, 0.25) is 0 Å². The van der Waals surface area contributed by atoms with Gasteiger partial charge in [0.15, 0.2) is 0 Å². The van der Waals surface area contributed by atoms with Gasteiger partial charge in [-0.3, -0.25) is 4.79 Å². The van der Waals surface area contributed by atoms with Crippen molar-refractivity contribution in [3.05, 3.63) is 58.6 Å². The maximum absolute atomic E-state index is 12.6. The highest BCUT2D eigenvalue weighted by Crippen LogP contribution is 2.23. The lowest BCUT2D eigenvalue weighted by Crippen LogP contribution is -2.42. The standard InChI is InChI=1S/C19H19N3O3S/c23-18(7-6-17-20-19(21-25-17)15-8-11-26-13-15)22-9-10-24-16(12-22)14-4-2-1-3-5-14/h1-5,8,11,13,16H,6-7,9-10,12H2. The molecule has 1 aromatic carbocycles. The highest BCUT2D eigenvalue weighted by atomic mass is 32.1. The highest BCUT2D eigenvalue weighted by molar-refractivity contribution is 7.08. The van der Waals surface area contributed by atoms with Crippen molar-refractivity contribution in [2.45, 2.75) is 18.9 Å². The molecule has 1 atom stereocenters. The Bertz CT molecular complexity index is 848. The van der Waals surface area contributed by atoms with E-state index in [-0.39, 0.29) is 12.0 Å². The lowest BCUT2D eigenvalue weighted by atomic mass is 10.1. The summed E-state index contributed by atoms with van der Waals surface area (Å²) in [5.74, 6) is 1.15. The fraction of sp³-hybridized carbons (Fsp3) is 0.316. The van der Waals surface area contributed by atoms with Crippen LogP contribution in [0, 0.1) is 0 Å². The van der Waals surface area contributed by atoms with Crippen molar-refractivity contribution < 1.29 is 14.1 Å². The zero-order chi connectivity index (χ0) is 17.8. The van der Waals surface area contributed by atoms with Crippen molar-refractivity contribution >= 4 is 17.2 Å². The van der Waals surface area contributed by atoms with E-state index in [1.54, 1.807) is 11.3 Å². The lowest BCUT2D eigenvalue weighted by Gasteiger charge is -2.33. The van der Waals surface area contributed by atoms with E-state index < -0.39 is 0 Å².